The number of aromatic nitrogens is 1. The molecule has 0 amide bonds. The van der Waals surface area contributed by atoms with E-state index in [9.17, 15) is 4.79 Å². The van der Waals surface area contributed by atoms with E-state index in [1.54, 1.807) is 13.0 Å². The molecule has 106 valence electrons. The Balaban J connectivity index is 2.24. The molecule has 0 aliphatic heterocycles. The van der Waals surface area contributed by atoms with Crippen molar-refractivity contribution >= 4 is 12.0 Å². The molecular formula is C17H16N2O2. The number of esters is 1. The summed E-state index contributed by atoms with van der Waals surface area (Å²) >= 11 is 0. The number of nitriles is 1. The fourth-order valence-electron chi connectivity index (χ4n) is 1.98. The van der Waals surface area contributed by atoms with Crippen LogP contribution < -0.4 is 0 Å². The summed E-state index contributed by atoms with van der Waals surface area (Å²) in [5, 5.41) is 9.07. The van der Waals surface area contributed by atoms with E-state index >= 15 is 0 Å². The number of rotatable bonds is 5. The molecule has 0 fully saturated rings. The van der Waals surface area contributed by atoms with Gasteiger partial charge in [0.25, 0.3) is 0 Å². The van der Waals surface area contributed by atoms with Crippen LogP contribution in [-0.4, -0.2) is 17.1 Å². The minimum absolute atomic E-state index is 0.00450. The van der Waals surface area contributed by atoms with Gasteiger partial charge in [0.1, 0.15) is 11.6 Å². The fourth-order valence-corrected chi connectivity index (χ4v) is 1.98. The molecular weight excluding hydrogens is 264 g/mol. The fraction of sp³-hybridized carbons (Fsp3) is 0.176. The molecule has 2 rings (SSSR count). The van der Waals surface area contributed by atoms with Crippen LogP contribution in [0.2, 0.25) is 0 Å². The lowest BCUT2D eigenvalue weighted by Gasteiger charge is -2.07. The minimum Gasteiger partial charge on any atom is -0.462 e. The highest BCUT2D eigenvalue weighted by molar-refractivity contribution is 5.97. The first-order chi connectivity index (χ1) is 10.2. The highest BCUT2D eigenvalue weighted by atomic mass is 16.5. The van der Waals surface area contributed by atoms with Crippen molar-refractivity contribution in [3.8, 4) is 6.07 Å². The molecule has 0 bridgehead atoms. The molecule has 0 aliphatic carbocycles. The predicted octanol–water partition coefficient (Wildman–Crippen LogP) is 3.01. The summed E-state index contributed by atoms with van der Waals surface area (Å²) in [6.45, 7) is 2.65. The first kappa shape index (κ1) is 14.6. The van der Waals surface area contributed by atoms with Crippen molar-refractivity contribution < 1.29 is 9.53 Å². The third-order valence-corrected chi connectivity index (χ3v) is 2.97. The molecule has 0 saturated heterocycles. The summed E-state index contributed by atoms with van der Waals surface area (Å²) in [6.07, 6.45) is 3.47. The minimum atomic E-state index is -0.590. The second-order valence-corrected chi connectivity index (χ2v) is 4.44. The number of ether oxygens (including phenoxy) is 1. The van der Waals surface area contributed by atoms with Gasteiger partial charge in [0.05, 0.1) is 6.61 Å². The van der Waals surface area contributed by atoms with Crippen molar-refractivity contribution in [2.24, 2.45) is 0 Å². The van der Waals surface area contributed by atoms with E-state index < -0.39 is 5.97 Å². The van der Waals surface area contributed by atoms with E-state index in [2.05, 4.69) is 0 Å². The largest absolute Gasteiger partial charge is 0.462 e. The second kappa shape index (κ2) is 7.11. The molecule has 1 heterocycles. The molecule has 0 unspecified atom stereocenters. The predicted molar refractivity (Wildman–Crippen MR) is 80.2 cm³/mol. The summed E-state index contributed by atoms with van der Waals surface area (Å²) < 4.78 is 6.84. The molecule has 0 N–H and O–H groups in total. The molecule has 4 nitrogen and oxygen atoms in total. The van der Waals surface area contributed by atoms with Crippen LogP contribution in [0.4, 0.5) is 0 Å². The van der Waals surface area contributed by atoms with Gasteiger partial charge in [-0.2, -0.15) is 5.26 Å². The maximum Gasteiger partial charge on any atom is 0.348 e. The van der Waals surface area contributed by atoms with Gasteiger partial charge in [0, 0.05) is 18.4 Å². The SMILES string of the molecule is CCOC(=O)/C(C#N)=C\c1cccn1Cc1ccccc1. The van der Waals surface area contributed by atoms with Crippen molar-refractivity contribution in [3.63, 3.8) is 0 Å². The lowest BCUT2D eigenvalue weighted by molar-refractivity contribution is -0.137. The molecule has 0 aliphatic rings. The third kappa shape index (κ3) is 3.83. The number of benzene rings is 1. The first-order valence-corrected chi connectivity index (χ1v) is 6.72. The zero-order valence-corrected chi connectivity index (χ0v) is 11.8. The van der Waals surface area contributed by atoms with E-state index in [1.807, 2.05) is 59.3 Å². The maximum atomic E-state index is 11.6. The first-order valence-electron chi connectivity index (χ1n) is 6.72. The average molecular weight is 280 g/mol. The maximum absolute atomic E-state index is 11.6. The van der Waals surface area contributed by atoms with Gasteiger partial charge in [-0.05, 0) is 30.7 Å². The van der Waals surface area contributed by atoms with Crippen LogP contribution >= 0.6 is 0 Å². The standard InChI is InChI=1S/C17H16N2O2/c1-2-21-17(20)15(12-18)11-16-9-6-10-19(16)13-14-7-4-3-5-8-14/h3-11H,2,13H2,1H3/b15-11-. The number of hydrogen-bond acceptors (Lipinski definition) is 3. The van der Waals surface area contributed by atoms with E-state index in [0.29, 0.717) is 6.54 Å². The van der Waals surface area contributed by atoms with Crippen LogP contribution in [0.5, 0.6) is 0 Å². The Bertz CT molecular complexity index is 678. The summed E-state index contributed by atoms with van der Waals surface area (Å²) in [7, 11) is 0. The summed E-state index contributed by atoms with van der Waals surface area (Å²) in [4.78, 5) is 11.6. The van der Waals surface area contributed by atoms with Gasteiger partial charge in [-0.25, -0.2) is 4.79 Å². The van der Waals surface area contributed by atoms with Crippen molar-refractivity contribution in [2.45, 2.75) is 13.5 Å². The Morgan fingerprint density at radius 3 is 2.71 bits per heavy atom. The van der Waals surface area contributed by atoms with E-state index in [4.69, 9.17) is 10.00 Å². The Morgan fingerprint density at radius 2 is 2.05 bits per heavy atom. The molecule has 4 heteroatoms. The van der Waals surface area contributed by atoms with E-state index in [0.717, 1.165) is 11.3 Å². The number of carbonyl (C=O) groups is 1. The van der Waals surface area contributed by atoms with Crippen LogP contribution in [0, 0.1) is 11.3 Å². The summed E-state index contributed by atoms with van der Waals surface area (Å²) in [5.41, 5.74) is 1.95. The topological polar surface area (TPSA) is 55.0 Å². The van der Waals surface area contributed by atoms with Crippen molar-refractivity contribution in [1.82, 2.24) is 4.57 Å². The van der Waals surface area contributed by atoms with Crippen molar-refractivity contribution in [1.29, 1.82) is 5.26 Å². The van der Waals surface area contributed by atoms with Crippen LogP contribution in [-0.2, 0) is 16.1 Å². The molecule has 0 radical (unpaired) electrons. The third-order valence-electron chi connectivity index (χ3n) is 2.97. The zero-order valence-electron chi connectivity index (χ0n) is 11.8. The molecule has 2 aromatic rings. The number of nitrogens with zero attached hydrogens (tertiary/aromatic N) is 2. The van der Waals surface area contributed by atoms with Crippen molar-refractivity contribution in [3.05, 3.63) is 65.5 Å². The average Bonchev–Trinajstić information content (AvgIpc) is 2.93. The van der Waals surface area contributed by atoms with E-state index in [-0.39, 0.29) is 12.2 Å². The molecule has 21 heavy (non-hydrogen) atoms. The van der Waals surface area contributed by atoms with Crippen molar-refractivity contribution in [2.75, 3.05) is 6.61 Å². The zero-order chi connectivity index (χ0) is 15.1. The molecule has 1 aromatic heterocycles. The lowest BCUT2D eigenvalue weighted by atomic mass is 10.2. The van der Waals surface area contributed by atoms with Crippen LogP contribution in [0.1, 0.15) is 18.2 Å². The quantitative estimate of drug-likeness (QED) is 0.480. The normalized spacial score (nSPS) is 11.0. The van der Waals surface area contributed by atoms with Gasteiger partial charge in [0.2, 0.25) is 0 Å². The molecule has 0 spiro atoms. The second-order valence-electron chi connectivity index (χ2n) is 4.44. The van der Waals surface area contributed by atoms with Crippen LogP contribution in [0.15, 0.2) is 54.2 Å². The Morgan fingerprint density at radius 1 is 1.29 bits per heavy atom. The highest BCUT2D eigenvalue weighted by Crippen LogP contribution is 2.12. The van der Waals surface area contributed by atoms with Gasteiger partial charge in [-0.15, -0.1) is 0 Å². The lowest BCUT2D eigenvalue weighted by Crippen LogP contribution is -2.07. The van der Waals surface area contributed by atoms with Crippen LogP contribution in [0.3, 0.4) is 0 Å². The summed E-state index contributed by atoms with van der Waals surface area (Å²) in [6, 6.07) is 15.6. The molecule has 0 atom stereocenters. The highest BCUT2D eigenvalue weighted by Gasteiger charge is 2.11. The number of hydrogen-bond donors (Lipinski definition) is 0. The van der Waals surface area contributed by atoms with Gasteiger partial charge in [-0.1, -0.05) is 30.3 Å². The smallest absolute Gasteiger partial charge is 0.348 e. The summed E-state index contributed by atoms with van der Waals surface area (Å²) in [5.74, 6) is -0.590. The Kier molecular flexibility index (Phi) is 4.94. The molecule has 0 saturated carbocycles. The van der Waals surface area contributed by atoms with Gasteiger partial charge >= 0.3 is 5.97 Å². The number of carbonyl (C=O) groups excluding carboxylic acids is 1. The Hall–Kier alpha value is -2.80. The van der Waals surface area contributed by atoms with Gasteiger partial charge in [0.15, 0.2) is 0 Å². The van der Waals surface area contributed by atoms with E-state index in [1.165, 1.54) is 0 Å². The van der Waals surface area contributed by atoms with Crippen LogP contribution in [0.25, 0.3) is 6.08 Å². The van der Waals surface area contributed by atoms with Gasteiger partial charge in [-0.3, -0.25) is 0 Å². The Labute approximate surface area is 123 Å². The molecule has 1 aromatic carbocycles. The monoisotopic (exact) mass is 280 g/mol. The van der Waals surface area contributed by atoms with Gasteiger partial charge < -0.3 is 9.30 Å².